The molecule has 0 aliphatic carbocycles. The summed E-state index contributed by atoms with van der Waals surface area (Å²) in [5, 5.41) is 8.08. The van der Waals surface area contributed by atoms with Crippen LogP contribution in [-0.4, -0.2) is 36.9 Å². The maximum atomic E-state index is 13.1. The third kappa shape index (κ3) is 3.78. The van der Waals surface area contributed by atoms with Crippen LogP contribution in [0.15, 0.2) is 47.6 Å². The molecular weight excluding hydrogens is 394 g/mol. The molecule has 1 heterocycles. The van der Waals surface area contributed by atoms with Crippen LogP contribution in [0.1, 0.15) is 31.4 Å². The van der Waals surface area contributed by atoms with Gasteiger partial charge in [-0.25, -0.2) is 4.79 Å². The molecule has 0 radical (unpaired) electrons. The van der Waals surface area contributed by atoms with Gasteiger partial charge in [-0.1, -0.05) is 48.9 Å². The summed E-state index contributed by atoms with van der Waals surface area (Å²) in [6.07, 6.45) is 1.79. The fourth-order valence-corrected chi connectivity index (χ4v) is 3.57. The lowest BCUT2D eigenvalue weighted by Gasteiger charge is -2.24. The van der Waals surface area contributed by atoms with E-state index in [-0.39, 0.29) is 0 Å². The van der Waals surface area contributed by atoms with E-state index >= 15 is 0 Å². The molecule has 3 rings (SSSR count). The fourth-order valence-electron chi connectivity index (χ4n) is 3.28. The molecule has 152 valence electrons. The van der Waals surface area contributed by atoms with E-state index in [1.807, 2.05) is 44.2 Å². The monoisotopic (exact) mass is 415 g/mol. The van der Waals surface area contributed by atoms with Gasteiger partial charge in [0.05, 0.1) is 25.0 Å². The van der Waals surface area contributed by atoms with Crippen LogP contribution in [-0.2, 0) is 10.3 Å². The number of ether oxygens (including phenoxy) is 2. The highest BCUT2D eigenvalue weighted by Gasteiger charge is 2.51. The number of benzene rings is 2. The summed E-state index contributed by atoms with van der Waals surface area (Å²) in [5.41, 5.74) is 0.141. The third-order valence-corrected chi connectivity index (χ3v) is 5.01. The minimum Gasteiger partial charge on any atom is -0.491 e. The lowest BCUT2D eigenvalue weighted by Crippen LogP contribution is -2.43. The van der Waals surface area contributed by atoms with Crippen LogP contribution in [0.5, 0.6) is 11.5 Å². The summed E-state index contributed by atoms with van der Waals surface area (Å²) in [7, 11) is 1.50. The minimum absolute atomic E-state index is 0.337. The second-order valence-electron chi connectivity index (χ2n) is 6.38. The molecule has 1 fully saturated rings. The molecule has 1 N–H and O–H groups in total. The van der Waals surface area contributed by atoms with Crippen molar-refractivity contribution in [2.75, 3.05) is 13.7 Å². The van der Waals surface area contributed by atoms with Crippen LogP contribution in [0, 0.1) is 0 Å². The van der Waals surface area contributed by atoms with Crippen molar-refractivity contribution < 1.29 is 19.1 Å². The zero-order valence-corrected chi connectivity index (χ0v) is 17.2. The minimum atomic E-state index is -1.14. The van der Waals surface area contributed by atoms with Crippen molar-refractivity contribution in [3.63, 3.8) is 0 Å². The molecule has 29 heavy (non-hydrogen) atoms. The van der Waals surface area contributed by atoms with Crippen molar-refractivity contribution in [1.29, 1.82) is 0 Å². The highest BCUT2D eigenvalue weighted by molar-refractivity contribution is 6.32. The van der Waals surface area contributed by atoms with Gasteiger partial charge < -0.3 is 14.8 Å². The van der Waals surface area contributed by atoms with E-state index in [0.29, 0.717) is 40.7 Å². The van der Waals surface area contributed by atoms with Gasteiger partial charge in [0.2, 0.25) is 0 Å². The van der Waals surface area contributed by atoms with E-state index in [1.54, 1.807) is 12.1 Å². The smallest absolute Gasteiger partial charge is 0.346 e. The zero-order valence-electron chi connectivity index (χ0n) is 16.4. The first-order valence-electron chi connectivity index (χ1n) is 9.23. The van der Waals surface area contributed by atoms with Crippen molar-refractivity contribution in [3.8, 4) is 11.5 Å². The molecule has 1 atom stereocenters. The Labute approximate surface area is 174 Å². The molecule has 0 spiro atoms. The second-order valence-corrected chi connectivity index (χ2v) is 6.79. The number of halogens is 1. The average Bonchev–Trinajstić information content (AvgIpc) is 2.97. The van der Waals surface area contributed by atoms with E-state index in [9.17, 15) is 9.59 Å². The molecule has 3 amide bonds. The fraction of sp³-hybridized carbons (Fsp3) is 0.286. The van der Waals surface area contributed by atoms with Gasteiger partial charge in [0.15, 0.2) is 11.5 Å². The molecule has 1 saturated heterocycles. The average molecular weight is 416 g/mol. The van der Waals surface area contributed by atoms with Gasteiger partial charge in [-0.2, -0.15) is 5.10 Å². The Morgan fingerprint density at radius 2 is 1.93 bits per heavy atom. The van der Waals surface area contributed by atoms with E-state index in [1.165, 1.54) is 13.3 Å². The molecule has 0 aromatic heterocycles. The van der Waals surface area contributed by atoms with Crippen molar-refractivity contribution in [1.82, 2.24) is 10.3 Å². The van der Waals surface area contributed by atoms with Gasteiger partial charge in [-0.15, -0.1) is 5.01 Å². The Kier molecular flexibility index (Phi) is 6.08. The Hall–Kier alpha value is -3.06. The predicted molar refractivity (Wildman–Crippen MR) is 111 cm³/mol. The Morgan fingerprint density at radius 3 is 2.55 bits per heavy atom. The van der Waals surface area contributed by atoms with Gasteiger partial charge in [0.1, 0.15) is 5.54 Å². The third-order valence-electron chi connectivity index (χ3n) is 4.73. The number of carbonyl (C=O) groups is 2. The first kappa shape index (κ1) is 20.7. The van der Waals surface area contributed by atoms with E-state index in [2.05, 4.69) is 10.4 Å². The normalized spacial score (nSPS) is 19.0. The van der Waals surface area contributed by atoms with Crippen LogP contribution < -0.4 is 14.8 Å². The van der Waals surface area contributed by atoms with Crippen LogP contribution in [0.3, 0.4) is 0 Å². The number of nitrogens with one attached hydrogen (secondary N) is 1. The number of hydrogen-bond acceptors (Lipinski definition) is 5. The van der Waals surface area contributed by atoms with Gasteiger partial charge >= 0.3 is 6.03 Å². The number of urea groups is 1. The lowest BCUT2D eigenvalue weighted by molar-refractivity contribution is -0.131. The number of imide groups is 1. The SMILES string of the molecule is CCOc1cc(/C=N\N2C(=O)N[C@@](CC)(c3ccccc3)C2=O)cc(Cl)c1OC. The topological polar surface area (TPSA) is 80.2 Å². The molecule has 1 aliphatic heterocycles. The number of carbonyl (C=O) groups excluding carboxylic acids is 2. The van der Waals surface area contributed by atoms with Crippen molar-refractivity contribution in [2.24, 2.45) is 5.10 Å². The Morgan fingerprint density at radius 1 is 1.21 bits per heavy atom. The molecule has 0 unspecified atom stereocenters. The molecule has 0 bridgehead atoms. The number of hydrazone groups is 1. The largest absolute Gasteiger partial charge is 0.491 e. The van der Waals surface area contributed by atoms with Crippen LogP contribution in [0.4, 0.5) is 4.79 Å². The molecule has 7 nitrogen and oxygen atoms in total. The summed E-state index contributed by atoms with van der Waals surface area (Å²) in [4.78, 5) is 25.6. The van der Waals surface area contributed by atoms with E-state index in [0.717, 1.165) is 5.01 Å². The molecule has 1 aliphatic rings. The summed E-state index contributed by atoms with van der Waals surface area (Å²) < 4.78 is 10.8. The predicted octanol–water partition coefficient (Wildman–Crippen LogP) is 3.94. The van der Waals surface area contributed by atoms with Crippen molar-refractivity contribution >= 4 is 29.8 Å². The molecule has 2 aromatic carbocycles. The highest BCUT2D eigenvalue weighted by atomic mass is 35.5. The number of rotatable bonds is 7. The van der Waals surface area contributed by atoms with Crippen LogP contribution >= 0.6 is 11.6 Å². The summed E-state index contributed by atoms with van der Waals surface area (Å²) >= 11 is 6.24. The van der Waals surface area contributed by atoms with Gasteiger partial charge in [-0.05, 0) is 36.6 Å². The van der Waals surface area contributed by atoms with Crippen molar-refractivity contribution in [3.05, 3.63) is 58.6 Å². The number of methoxy groups -OCH3 is 1. The van der Waals surface area contributed by atoms with Gasteiger partial charge in [-0.3, -0.25) is 4.79 Å². The number of hydrogen-bond donors (Lipinski definition) is 1. The van der Waals surface area contributed by atoms with E-state index < -0.39 is 17.5 Å². The Balaban J connectivity index is 1.92. The number of amides is 3. The quantitative estimate of drug-likeness (QED) is 0.548. The van der Waals surface area contributed by atoms with Crippen LogP contribution in [0.2, 0.25) is 5.02 Å². The second kappa shape index (κ2) is 8.53. The summed E-state index contributed by atoms with van der Waals surface area (Å²) in [6.45, 7) is 4.11. The maximum absolute atomic E-state index is 13.1. The summed E-state index contributed by atoms with van der Waals surface area (Å²) in [6, 6.07) is 11.9. The first-order valence-corrected chi connectivity index (χ1v) is 9.61. The molecule has 0 saturated carbocycles. The molecular formula is C21H22ClN3O4. The molecule has 8 heteroatoms. The van der Waals surface area contributed by atoms with Gasteiger partial charge in [0, 0.05) is 0 Å². The maximum Gasteiger partial charge on any atom is 0.346 e. The molecule has 2 aromatic rings. The Bertz CT molecular complexity index is 948. The van der Waals surface area contributed by atoms with E-state index in [4.69, 9.17) is 21.1 Å². The van der Waals surface area contributed by atoms with Crippen molar-refractivity contribution in [2.45, 2.75) is 25.8 Å². The first-order chi connectivity index (χ1) is 14.0. The van der Waals surface area contributed by atoms with Crippen LogP contribution in [0.25, 0.3) is 0 Å². The zero-order chi connectivity index (χ0) is 21.0. The number of nitrogens with zero attached hydrogens (tertiary/aromatic N) is 2. The van der Waals surface area contributed by atoms with Gasteiger partial charge in [0.25, 0.3) is 5.91 Å². The standard InChI is InChI=1S/C21H22ClN3O4/c1-4-21(15-9-7-6-8-10-15)19(26)25(20(27)24-21)23-13-14-11-16(22)18(28-3)17(12-14)29-5-2/h6-13H,4-5H2,1-3H3,(H,24,27)/b23-13-/t21-/m0/s1. The highest BCUT2D eigenvalue weighted by Crippen LogP contribution is 2.36. The lowest BCUT2D eigenvalue weighted by atomic mass is 9.87. The summed E-state index contributed by atoms with van der Waals surface area (Å²) in [5.74, 6) is 0.431.